The molecule has 0 aliphatic carbocycles. The van der Waals surface area contributed by atoms with Crippen LogP contribution in [0.3, 0.4) is 0 Å². The van der Waals surface area contributed by atoms with Gasteiger partial charge in [0.05, 0.1) is 37.9 Å². The van der Waals surface area contributed by atoms with E-state index in [-0.39, 0.29) is 11.8 Å². The molecular weight excluding hydrogens is 651 g/mol. The molecule has 0 aromatic rings. The van der Waals surface area contributed by atoms with Crippen LogP contribution in [0.5, 0.6) is 0 Å². The molecule has 2 rings (SSSR count). The molecule has 2 saturated heterocycles. The van der Waals surface area contributed by atoms with E-state index in [4.69, 9.17) is 41.7 Å². The lowest BCUT2D eigenvalue weighted by Gasteiger charge is -2.33. The van der Waals surface area contributed by atoms with Crippen LogP contribution in [0.1, 0.15) is 106 Å². The summed E-state index contributed by atoms with van der Waals surface area (Å²) in [6, 6.07) is 0.690. The van der Waals surface area contributed by atoms with Crippen molar-refractivity contribution in [2.24, 2.45) is 0 Å². The molecule has 8 nitrogen and oxygen atoms in total. The maximum Gasteiger partial charge on any atom is 0.247 e. The summed E-state index contributed by atoms with van der Waals surface area (Å²) in [6.45, 7) is 16.6. The minimum absolute atomic E-state index is 0.168. The molecule has 1 unspecified atom stereocenters. The zero-order valence-corrected chi connectivity index (χ0v) is 31.8. The Balaban J connectivity index is 0.000000420. The number of amides is 2. The lowest BCUT2D eigenvalue weighted by molar-refractivity contribution is -0.132. The third kappa shape index (κ3) is 16.4. The minimum atomic E-state index is -2.37. The second-order valence-electron chi connectivity index (χ2n) is 10.6. The molecule has 2 aliphatic rings. The van der Waals surface area contributed by atoms with Crippen LogP contribution in [0.4, 0.5) is 0 Å². The molecule has 2 atom stereocenters. The van der Waals surface area contributed by atoms with Gasteiger partial charge in [0.2, 0.25) is 23.2 Å². The van der Waals surface area contributed by atoms with Gasteiger partial charge in [0.1, 0.15) is 0 Å². The molecule has 0 bridgehead atoms. The molecule has 0 N–H and O–H groups in total. The summed E-state index contributed by atoms with van der Waals surface area (Å²) in [5.74, 6) is 1.08. The number of nitrogens with zero attached hydrogens (tertiary/aromatic N) is 2. The highest BCUT2D eigenvalue weighted by atomic mass is 32.9. The SMILES string of the molecule is CCCOP(=S)(OCCC)SCC(=O)N1CCCCC1C.CCCOP(=S)(OCCC)SCC(=O)N1CCCC[C@@H]1C. The predicted molar refractivity (Wildman–Crippen MR) is 189 cm³/mol. The molecule has 14 heteroatoms. The quantitative estimate of drug-likeness (QED) is 0.130. The summed E-state index contributed by atoms with van der Waals surface area (Å²) >= 11 is 13.9. The molecule has 2 aliphatic heterocycles. The normalized spacial score (nSPS) is 19.8. The van der Waals surface area contributed by atoms with Crippen LogP contribution >= 0.6 is 34.2 Å². The molecule has 42 heavy (non-hydrogen) atoms. The third-order valence-corrected chi connectivity index (χ3v) is 17.2. The Labute approximate surface area is 274 Å². The molecule has 2 heterocycles. The largest absolute Gasteiger partial charge is 0.339 e. The zero-order chi connectivity index (χ0) is 31.4. The van der Waals surface area contributed by atoms with Gasteiger partial charge in [-0.1, -0.05) is 50.5 Å². The van der Waals surface area contributed by atoms with Crippen LogP contribution in [0.2, 0.25) is 0 Å². The van der Waals surface area contributed by atoms with E-state index >= 15 is 0 Å². The van der Waals surface area contributed by atoms with Crippen LogP contribution in [0.25, 0.3) is 0 Å². The van der Waals surface area contributed by atoms with Gasteiger partial charge < -0.3 is 27.9 Å². The standard InChI is InChI=1S/2C14H28NO3PS2/c2*1-4-10-17-19(20,18-11-5-2)21-12-14(16)15-9-7-6-8-13(15)3/h2*13H,4-12H2,1-3H3/t13-;/m0./s1. The summed E-state index contributed by atoms with van der Waals surface area (Å²) in [4.78, 5) is 28.7. The van der Waals surface area contributed by atoms with Crippen molar-refractivity contribution in [3.8, 4) is 0 Å². The summed E-state index contributed by atoms with van der Waals surface area (Å²) in [5.41, 5.74) is -4.75. The summed E-state index contributed by atoms with van der Waals surface area (Å²) in [7, 11) is 0. The van der Waals surface area contributed by atoms with Gasteiger partial charge in [-0.3, -0.25) is 9.59 Å². The van der Waals surface area contributed by atoms with Crippen molar-refractivity contribution < 1.29 is 27.7 Å². The first-order valence-electron chi connectivity index (χ1n) is 15.7. The Morgan fingerprint density at radius 2 is 0.952 bits per heavy atom. The van der Waals surface area contributed by atoms with E-state index in [1.807, 2.05) is 37.5 Å². The molecule has 0 spiro atoms. The Morgan fingerprint density at radius 1 is 0.643 bits per heavy atom. The predicted octanol–water partition coefficient (Wildman–Crippen LogP) is 8.40. The van der Waals surface area contributed by atoms with Crippen molar-refractivity contribution in [3.05, 3.63) is 0 Å². The number of hydrogen-bond donors (Lipinski definition) is 0. The van der Waals surface area contributed by atoms with Gasteiger partial charge in [-0.2, -0.15) is 0 Å². The van der Waals surface area contributed by atoms with E-state index in [1.54, 1.807) is 0 Å². The molecule has 2 fully saturated rings. The zero-order valence-electron chi connectivity index (χ0n) is 26.8. The maximum atomic E-state index is 12.4. The summed E-state index contributed by atoms with van der Waals surface area (Å²) < 4.78 is 23.0. The molecule has 0 aromatic carbocycles. The van der Waals surface area contributed by atoms with Crippen LogP contribution in [-0.2, 0) is 51.3 Å². The molecule has 2 amide bonds. The average Bonchev–Trinajstić information content (AvgIpc) is 2.99. The highest BCUT2D eigenvalue weighted by molar-refractivity contribution is 8.68. The first kappa shape index (κ1) is 40.8. The Hall–Kier alpha value is 0.780. The van der Waals surface area contributed by atoms with Crippen molar-refractivity contribution in [1.29, 1.82) is 0 Å². The molecule has 0 saturated carbocycles. The lowest BCUT2D eigenvalue weighted by Crippen LogP contribution is -2.42. The van der Waals surface area contributed by atoms with E-state index < -0.39 is 11.4 Å². The molecule has 0 aromatic heterocycles. The Bertz CT molecular complexity index is 780. The minimum Gasteiger partial charge on any atom is -0.339 e. The number of piperidine rings is 2. The van der Waals surface area contributed by atoms with Crippen molar-refractivity contribution in [3.63, 3.8) is 0 Å². The average molecular weight is 707 g/mol. The second-order valence-corrected chi connectivity index (χ2v) is 23.3. The van der Waals surface area contributed by atoms with Crippen LogP contribution < -0.4 is 0 Å². The van der Waals surface area contributed by atoms with Crippen molar-refractivity contribution in [2.75, 3.05) is 51.0 Å². The second kappa shape index (κ2) is 23.2. The fourth-order valence-electron chi connectivity index (χ4n) is 4.41. The fourth-order valence-corrected chi connectivity index (χ4v) is 12.6. The highest BCUT2D eigenvalue weighted by Crippen LogP contribution is 2.62. The first-order chi connectivity index (χ1) is 20.0. The number of carbonyl (C=O) groups is 2. The van der Waals surface area contributed by atoms with Gasteiger partial charge in [-0.15, -0.1) is 0 Å². The van der Waals surface area contributed by atoms with Gasteiger partial charge >= 0.3 is 0 Å². The highest BCUT2D eigenvalue weighted by Gasteiger charge is 2.28. The van der Waals surface area contributed by atoms with Gasteiger partial charge in [-0.25, -0.2) is 0 Å². The Kier molecular flexibility index (Phi) is 22.5. The van der Waals surface area contributed by atoms with Gasteiger partial charge in [-0.05, 0) is 102 Å². The summed E-state index contributed by atoms with van der Waals surface area (Å²) in [5, 5.41) is 0. The molecule has 248 valence electrons. The van der Waals surface area contributed by atoms with E-state index in [1.165, 1.54) is 35.6 Å². The third-order valence-electron chi connectivity index (χ3n) is 6.75. The van der Waals surface area contributed by atoms with Crippen LogP contribution in [0.15, 0.2) is 0 Å². The van der Waals surface area contributed by atoms with Crippen molar-refractivity contribution in [2.45, 2.75) is 118 Å². The maximum absolute atomic E-state index is 12.4. The number of likely N-dealkylation sites (tertiary alicyclic amines) is 2. The fraction of sp³-hybridized carbons (Fsp3) is 0.929. The van der Waals surface area contributed by atoms with Crippen molar-refractivity contribution in [1.82, 2.24) is 9.80 Å². The van der Waals surface area contributed by atoms with E-state index in [2.05, 4.69) is 13.8 Å². The van der Waals surface area contributed by atoms with Gasteiger partial charge in [0.25, 0.3) is 0 Å². The van der Waals surface area contributed by atoms with Crippen LogP contribution in [0, 0.1) is 0 Å². The van der Waals surface area contributed by atoms with E-state index in [9.17, 15) is 9.59 Å². The van der Waals surface area contributed by atoms with Crippen LogP contribution in [-0.4, -0.2) is 84.7 Å². The lowest BCUT2D eigenvalue weighted by atomic mass is 10.0. The Morgan fingerprint density at radius 3 is 1.21 bits per heavy atom. The first-order valence-corrected chi connectivity index (χ1v) is 24.2. The monoisotopic (exact) mass is 706 g/mol. The molecule has 0 radical (unpaired) electrons. The number of carbonyl (C=O) groups excluding carboxylic acids is 2. The number of rotatable bonds is 18. The smallest absolute Gasteiger partial charge is 0.247 e. The van der Waals surface area contributed by atoms with Gasteiger partial charge in [0, 0.05) is 25.2 Å². The van der Waals surface area contributed by atoms with Gasteiger partial charge in [0.15, 0.2) is 0 Å². The van der Waals surface area contributed by atoms with Crippen molar-refractivity contribution >= 4 is 69.6 Å². The van der Waals surface area contributed by atoms with E-state index in [0.717, 1.165) is 64.5 Å². The van der Waals surface area contributed by atoms with E-state index in [0.29, 0.717) is 50.0 Å². The summed E-state index contributed by atoms with van der Waals surface area (Å²) in [6.07, 6.45) is 10.5. The molecular formula is C28H56N2O6P2S4. The number of hydrogen-bond acceptors (Lipinski definition) is 10. The topological polar surface area (TPSA) is 77.5 Å².